The molecule has 3 rings (SSSR count). The van der Waals surface area contributed by atoms with Crippen LogP contribution in [0.15, 0.2) is 24.3 Å². The first-order chi connectivity index (χ1) is 38.4. The van der Waals surface area contributed by atoms with E-state index < -0.39 is 150 Å². The van der Waals surface area contributed by atoms with Crippen LogP contribution in [0.5, 0.6) is 0 Å². The third kappa shape index (κ3) is 26.5. The molecular weight excluding hydrogens is 1070 g/mol. The highest BCUT2D eigenvalue weighted by Gasteiger charge is 2.58. The van der Waals surface area contributed by atoms with Crippen LogP contribution in [-0.4, -0.2) is 204 Å². The van der Waals surface area contributed by atoms with Crippen LogP contribution in [0.25, 0.3) is 0 Å². The van der Waals surface area contributed by atoms with Crippen LogP contribution in [-0.2, 0) is 51.6 Å². The van der Waals surface area contributed by atoms with E-state index in [1.165, 1.54) is 64.2 Å². The molecule has 0 aromatic carbocycles. The van der Waals surface area contributed by atoms with Crippen molar-refractivity contribution in [2.75, 3.05) is 26.4 Å². The van der Waals surface area contributed by atoms with Gasteiger partial charge in [0, 0.05) is 12.8 Å². The number of aliphatic hydroxyl groups excluding tert-OH is 11. The summed E-state index contributed by atoms with van der Waals surface area (Å²) in [6.45, 7) is 0.970. The average molecular weight is 1170 g/mol. The zero-order valence-electron chi connectivity index (χ0n) is 47.3. The van der Waals surface area contributed by atoms with Gasteiger partial charge in [-0.3, -0.25) is 18.6 Å². The Kier molecular flexibility index (Phi) is 37.1. The van der Waals surface area contributed by atoms with Gasteiger partial charge in [-0.2, -0.15) is 0 Å². The number of carbonyl (C=O) groups is 2. The SMILES string of the molecule is CCCCCC/C=C\CCCCCCCCCC(=O)OC(COC(=O)CCCCC/C=C\CCCCCCCCC)COP(=O)(O)OC1C(OC2OC(CO)C(O)C(O)C2O)C(O)C(O)C(O)C1OC1OC(CO)C(O)C(O)C1O. The molecule has 1 saturated carbocycles. The lowest BCUT2D eigenvalue weighted by Gasteiger charge is -2.49. The Morgan fingerprint density at radius 3 is 1.25 bits per heavy atom. The number of unbranched alkanes of at least 4 members (excludes halogenated alkanes) is 21. The van der Waals surface area contributed by atoms with Crippen molar-refractivity contribution in [2.45, 2.75) is 291 Å². The number of phosphoric acid groups is 1. The van der Waals surface area contributed by atoms with Gasteiger partial charge in [0.25, 0.3) is 0 Å². The fourth-order valence-corrected chi connectivity index (χ4v) is 10.7. The van der Waals surface area contributed by atoms with Crippen LogP contribution in [0, 0.1) is 0 Å². The number of rotatable bonds is 43. The summed E-state index contributed by atoms with van der Waals surface area (Å²) in [5.74, 6) is -1.36. The summed E-state index contributed by atoms with van der Waals surface area (Å²) in [7, 11) is -5.64. The molecule has 3 fully saturated rings. The first kappa shape index (κ1) is 72.2. The summed E-state index contributed by atoms with van der Waals surface area (Å²) >= 11 is 0. The van der Waals surface area contributed by atoms with Crippen molar-refractivity contribution in [2.24, 2.45) is 0 Å². The van der Waals surface area contributed by atoms with Crippen molar-refractivity contribution in [3.8, 4) is 0 Å². The average Bonchev–Trinajstić information content (AvgIpc) is 3.47. The van der Waals surface area contributed by atoms with E-state index >= 15 is 0 Å². The minimum absolute atomic E-state index is 0.0323. The standard InChI is InChI=1S/C56H101O23P/c1-3-5-7-9-11-13-15-17-19-21-23-25-27-29-31-33-42(60)74-38(36-72-41(59)32-30-28-26-24-22-20-18-16-14-12-10-8-6-4-2)37-73-80(70,71)79-54-52(77-55-50(68)45(63)43(61)39(34-57)75-55)48(66)47(65)49(67)53(54)78-56-51(69)46(64)44(62)40(35-58)76-56/h13,15,20,22,38-40,43-58,61-69H,3-12,14,16-19,21,23-37H2,1-2H3,(H,70,71)/b15-13-,22-20-. The smallest absolute Gasteiger partial charge is 0.462 e. The Hall–Kier alpha value is -2.07. The number of hydrogen-bond donors (Lipinski definition) is 12. The minimum atomic E-state index is -5.64. The first-order valence-electron chi connectivity index (χ1n) is 29.7. The van der Waals surface area contributed by atoms with Crippen molar-refractivity contribution in [3.63, 3.8) is 0 Å². The number of carbonyl (C=O) groups excluding carboxylic acids is 2. The van der Waals surface area contributed by atoms with Gasteiger partial charge in [0.1, 0.15) is 92.1 Å². The van der Waals surface area contributed by atoms with E-state index in [-0.39, 0.29) is 12.8 Å². The van der Waals surface area contributed by atoms with Crippen LogP contribution in [0.3, 0.4) is 0 Å². The van der Waals surface area contributed by atoms with E-state index in [1.54, 1.807) is 0 Å². The molecule has 2 aliphatic heterocycles. The fourth-order valence-electron chi connectivity index (χ4n) is 9.76. The van der Waals surface area contributed by atoms with Gasteiger partial charge in [0.2, 0.25) is 0 Å². The van der Waals surface area contributed by atoms with E-state index in [1.807, 2.05) is 0 Å². The van der Waals surface area contributed by atoms with Gasteiger partial charge in [-0.05, 0) is 64.2 Å². The van der Waals surface area contributed by atoms with Crippen molar-refractivity contribution >= 4 is 19.8 Å². The second-order valence-corrected chi connectivity index (χ2v) is 22.9. The molecule has 0 amide bonds. The molecule has 2 saturated heterocycles. The quantitative estimate of drug-likeness (QED) is 0.0177. The lowest BCUT2D eigenvalue weighted by molar-refractivity contribution is -0.360. The molecule has 1 aliphatic carbocycles. The minimum Gasteiger partial charge on any atom is -0.462 e. The fraction of sp³-hybridized carbons (Fsp3) is 0.893. The van der Waals surface area contributed by atoms with Crippen LogP contribution >= 0.6 is 7.82 Å². The van der Waals surface area contributed by atoms with Gasteiger partial charge in [-0.1, -0.05) is 134 Å². The zero-order valence-corrected chi connectivity index (χ0v) is 48.2. The molecule has 0 aromatic heterocycles. The summed E-state index contributed by atoms with van der Waals surface area (Å²) < 4.78 is 58.1. The monoisotopic (exact) mass is 1170 g/mol. The number of hydrogen-bond acceptors (Lipinski definition) is 22. The number of esters is 2. The highest BCUT2D eigenvalue weighted by atomic mass is 31.2. The second-order valence-electron chi connectivity index (χ2n) is 21.5. The normalized spacial score (nSPS) is 31.4. The second kappa shape index (κ2) is 41.1. The molecule has 16 unspecified atom stereocenters. The molecule has 80 heavy (non-hydrogen) atoms. The highest BCUT2D eigenvalue weighted by molar-refractivity contribution is 7.47. The maximum Gasteiger partial charge on any atom is 0.472 e. The van der Waals surface area contributed by atoms with Crippen molar-refractivity contribution < 1.29 is 113 Å². The molecule has 12 N–H and O–H groups in total. The van der Waals surface area contributed by atoms with E-state index in [4.69, 9.17) is 37.5 Å². The molecule has 24 heteroatoms. The van der Waals surface area contributed by atoms with E-state index in [9.17, 15) is 75.2 Å². The van der Waals surface area contributed by atoms with Crippen LogP contribution in [0.4, 0.5) is 0 Å². The van der Waals surface area contributed by atoms with Gasteiger partial charge < -0.3 is 89.5 Å². The lowest BCUT2D eigenvalue weighted by Crippen LogP contribution is -2.69. The predicted octanol–water partition coefficient (Wildman–Crippen LogP) is 4.10. The maximum atomic E-state index is 14.0. The van der Waals surface area contributed by atoms with Crippen molar-refractivity contribution in [1.82, 2.24) is 0 Å². The number of ether oxygens (including phenoxy) is 6. The summed E-state index contributed by atoms with van der Waals surface area (Å²) in [5.41, 5.74) is 0. The van der Waals surface area contributed by atoms with Crippen LogP contribution in [0.2, 0.25) is 0 Å². The zero-order chi connectivity index (χ0) is 58.9. The molecule has 468 valence electrons. The molecule has 23 nitrogen and oxygen atoms in total. The summed E-state index contributed by atoms with van der Waals surface area (Å²) in [4.78, 5) is 37.5. The third-order valence-corrected chi connectivity index (χ3v) is 15.7. The topological polar surface area (TPSA) is 368 Å². The predicted molar refractivity (Wildman–Crippen MR) is 291 cm³/mol. The van der Waals surface area contributed by atoms with Gasteiger partial charge >= 0.3 is 19.8 Å². The molecule has 0 radical (unpaired) electrons. The summed E-state index contributed by atoms with van der Waals surface area (Å²) in [6.07, 6.45) is 0.173. The van der Waals surface area contributed by atoms with Gasteiger partial charge in [-0.25, -0.2) is 4.57 Å². The Morgan fingerprint density at radius 1 is 0.463 bits per heavy atom. The summed E-state index contributed by atoms with van der Waals surface area (Å²) in [6, 6.07) is 0. The molecule has 0 spiro atoms. The van der Waals surface area contributed by atoms with Gasteiger partial charge in [0.05, 0.1) is 19.8 Å². The highest BCUT2D eigenvalue weighted by Crippen LogP contribution is 2.49. The largest absolute Gasteiger partial charge is 0.472 e. The Balaban J connectivity index is 1.71. The molecule has 16 atom stereocenters. The van der Waals surface area contributed by atoms with E-state index in [2.05, 4.69) is 38.2 Å². The first-order valence-corrected chi connectivity index (χ1v) is 31.2. The third-order valence-electron chi connectivity index (χ3n) is 14.7. The van der Waals surface area contributed by atoms with Gasteiger partial charge in [-0.15, -0.1) is 0 Å². The lowest BCUT2D eigenvalue weighted by atomic mass is 9.84. The Morgan fingerprint density at radius 2 is 0.825 bits per heavy atom. The van der Waals surface area contributed by atoms with Crippen molar-refractivity contribution in [3.05, 3.63) is 24.3 Å². The van der Waals surface area contributed by atoms with Crippen LogP contribution in [0.1, 0.15) is 187 Å². The van der Waals surface area contributed by atoms with Gasteiger partial charge in [0.15, 0.2) is 18.7 Å². The van der Waals surface area contributed by atoms with E-state index in [0.29, 0.717) is 12.8 Å². The Labute approximate surface area is 473 Å². The molecule has 2 heterocycles. The summed E-state index contributed by atoms with van der Waals surface area (Å²) in [5, 5.41) is 117. The van der Waals surface area contributed by atoms with Crippen LogP contribution < -0.4 is 0 Å². The Bertz CT molecular complexity index is 1690. The van der Waals surface area contributed by atoms with Crippen molar-refractivity contribution in [1.29, 1.82) is 0 Å². The number of phosphoric ester groups is 1. The molecule has 0 aromatic rings. The molecule has 3 aliphatic rings. The molecule has 0 bridgehead atoms. The molecular formula is C56H101O23P. The number of allylic oxidation sites excluding steroid dienone is 4. The number of aliphatic hydroxyl groups is 11. The van der Waals surface area contributed by atoms with E-state index in [0.717, 1.165) is 83.5 Å². The maximum absolute atomic E-state index is 14.0.